The van der Waals surface area contributed by atoms with Crippen molar-refractivity contribution in [2.24, 2.45) is 0 Å². The molecule has 2 aromatic rings. The zero-order valence-electron chi connectivity index (χ0n) is 10.8. The lowest BCUT2D eigenvalue weighted by Crippen LogP contribution is -2.37. The number of carbonyl (C=O) groups is 1. The number of carbonyl (C=O) groups excluding carboxylic acids is 1. The molecule has 18 heavy (non-hydrogen) atoms. The van der Waals surface area contributed by atoms with E-state index < -0.39 is 5.60 Å². The van der Waals surface area contributed by atoms with E-state index in [1.165, 1.54) is 0 Å². The Bertz CT molecular complexity index is 568. The van der Waals surface area contributed by atoms with Crippen LogP contribution in [0.3, 0.4) is 0 Å². The van der Waals surface area contributed by atoms with Crippen LogP contribution >= 0.6 is 0 Å². The number of Topliss-reactive ketones (excluding diaryl/α,β-unsaturated/α-hetero) is 1. The third-order valence-electron chi connectivity index (χ3n) is 3.60. The maximum absolute atomic E-state index is 12.3. The van der Waals surface area contributed by atoms with Gasteiger partial charge >= 0.3 is 0 Å². The van der Waals surface area contributed by atoms with Gasteiger partial charge in [-0.05, 0) is 29.7 Å². The minimum atomic E-state index is -1.23. The molecule has 0 saturated carbocycles. The van der Waals surface area contributed by atoms with E-state index in [2.05, 4.69) is 0 Å². The molecule has 0 unspecified atom stereocenters. The van der Waals surface area contributed by atoms with Gasteiger partial charge in [-0.15, -0.1) is 0 Å². The zero-order valence-corrected chi connectivity index (χ0v) is 10.8. The van der Waals surface area contributed by atoms with E-state index in [1.54, 1.807) is 6.07 Å². The van der Waals surface area contributed by atoms with Crippen molar-refractivity contribution in [3.05, 3.63) is 48.0 Å². The number of aliphatic hydroxyl groups is 1. The van der Waals surface area contributed by atoms with E-state index in [9.17, 15) is 9.90 Å². The van der Waals surface area contributed by atoms with Crippen molar-refractivity contribution in [1.82, 2.24) is 0 Å². The fourth-order valence-corrected chi connectivity index (χ4v) is 2.17. The van der Waals surface area contributed by atoms with Gasteiger partial charge in [0.2, 0.25) is 0 Å². The van der Waals surface area contributed by atoms with Crippen LogP contribution in [-0.4, -0.2) is 16.5 Å². The second-order valence-electron chi connectivity index (χ2n) is 4.63. The fourth-order valence-electron chi connectivity index (χ4n) is 2.17. The quantitative estimate of drug-likeness (QED) is 0.832. The summed E-state index contributed by atoms with van der Waals surface area (Å²) in [4.78, 5) is 12.3. The maximum atomic E-state index is 12.3. The minimum absolute atomic E-state index is 0.182. The highest BCUT2D eigenvalue weighted by atomic mass is 16.3. The highest BCUT2D eigenvalue weighted by Gasteiger charge is 2.32. The molecular weight excluding hydrogens is 224 g/mol. The smallest absolute Gasteiger partial charge is 0.194 e. The molecule has 0 atom stereocenters. The first-order valence-electron chi connectivity index (χ1n) is 6.36. The second kappa shape index (κ2) is 4.91. The van der Waals surface area contributed by atoms with Crippen LogP contribution in [0.1, 0.15) is 37.0 Å². The lowest BCUT2D eigenvalue weighted by molar-refractivity contribution is 0.0278. The van der Waals surface area contributed by atoms with Crippen LogP contribution in [-0.2, 0) is 0 Å². The Hall–Kier alpha value is -1.67. The third kappa shape index (κ3) is 2.16. The summed E-state index contributed by atoms with van der Waals surface area (Å²) < 4.78 is 0. The summed E-state index contributed by atoms with van der Waals surface area (Å²) in [5, 5.41) is 12.4. The van der Waals surface area contributed by atoms with E-state index in [4.69, 9.17) is 0 Å². The predicted octanol–water partition coefficient (Wildman–Crippen LogP) is 3.57. The standard InChI is InChI=1S/C16H18O2/c1-3-16(18,4-2)15(17)14-10-9-12-7-5-6-8-13(12)11-14/h5-11,18H,3-4H2,1-2H3. The molecule has 0 saturated heterocycles. The summed E-state index contributed by atoms with van der Waals surface area (Å²) in [5.41, 5.74) is -0.650. The molecule has 1 N–H and O–H groups in total. The van der Waals surface area contributed by atoms with E-state index in [0.717, 1.165) is 10.8 Å². The van der Waals surface area contributed by atoms with Crippen LogP contribution in [0.2, 0.25) is 0 Å². The topological polar surface area (TPSA) is 37.3 Å². The van der Waals surface area contributed by atoms with Crippen molar-refractivity contribution in [3.63, 3.8) is 0 Å². The van der Waals surface area contributed by atoms with Crippen LogP contribution in [0.5, 0.6) is 0 Å². The molecule has 2 aromatic carbocycles. The first-order valence-corrected chi connectivity index (χ1v) is 6.36. The van der Waals surface area contributed by atoms with Gasteiger partial charge in [-0.25, -0.2) is 0 Å². The van der Waals surface area contributed by atoms with Crippen LogP contribution < -0.4 is 0 Å². The molecule has 0 aliphatic heterocycles. The summed E-state index contributed by atoms with van der Waals surface area (Å²) in [6.45, 7) is 3.67. The lowest BCUT2D eigenvalue weighted by Gasteiger charge is -2.23. The molecule has 0 heterocycles. The first kappa shape index (κ1) is 12.8. The van der Waals surface area contributed by atoms with Gasteiger partial charge in [0.1, 0.15) is 5.60 Å². The molecular formula is C16H18O2. The van der Waals surface area contributed by atoms with Gasteiger partial charge in [-0.1, -0.05) is 50.2 Å². The van der Waals surface area contributed by atoms with Crippen molar-refractivity contribution in [2.45, 2.75) is 32.3 Å². The van der Waals surface area contributed by atoms with Crippen LogP contribution in [0, 0.1) is 0 Å². The summed E-state index contributed by atoms with van der Waals surface area (Å²) in [6, 6.07) is 13.5. The summed E-state index contributed by atoms with van der Waals surface area (Å²) in [6.07, 6.45) is 0.879. The average Bonchev–Trinajstić information content (AvgIpc) is 2.45. The van der Waals surface area contributed by atoms with E-state index in [1.807, 2.05) is 50.2 Å². The Labute approximate surface area is 107 Å². The van der Waals surface area contributed by atoms with Crippen LogP contribution in [0.4, 0.5) is 0 Å². The van der Waals surface area contributed by atoms with Crippen molar-refractivity contribution in [2.75, 3.05) is 0 Å². The average molecular weight is 242 g/mol. The molecule has 0 aliphatic rings. The first-order chi connectivity index (χ1) is 8.60. The summed E-state index contributed by atoms with van der Waals surface area (Å²) in [7, 11) is 0. The van der Waals surface area contributed by atoms with Gasteiger partial charge in [0, 0.05) is 5.56 Å². The third-order valence-corrected chi connectivity index (χ3v) is 3.60. The molecule has 2 heteroatoms. The van der Waals surface area contributed by atoms with Crippen molar-refractivity contribution in [3.8, 4) is 0 Å². The highest BCUT2D eigenvalue weighted by molar-refractivity contribution is 6.04. The Kier molecular flexibility index (Phi) is 3.48. The van der Waals surface area contributed by atoms with Crippen molar-refractivity contribution < 1.29 is 9.90 Å². The summed E-state index contributed by atoms with van der Waals surface area (Å²) >= 11 is 0. The number of fused-ring (bicyclic) bond motifs is 1. The largest absolute Gasteiger partial charge is 0.382 e. The number of rotatable bonds is 4. The summed E-state index contributed by atoms with van der Waals surface area (Å²) in [5.74, 6) is -0.182. The molecule has 0 amide bonds. The molecule has 94 valence electrons. The monoisotopic (exact) mass is 242 g/mol. The SMILES string of the molecule is CCC(O)(CC)C(=O)c1ccc2ccccc2c1. The molecule has 0 bridgehead atoms. The van der Waals surface area contributed by atoms with Gasteiger partial charge in [0.15, 0.2) is 5.78 Å². The second-order valence-corrected chi connectivity index (χ2v) is 4.63. The van der Waals surface area contributed by atoms with Gasteiger partial charge in [0.25, 0.3) is 0 Å². The Balaban J connectivity index is 2.45. The normalized spacial score (nSPS) is 11.7. The van der Waals surface area contributed by atoms with Gasteiger partial charge in [0.05, 0.1) is 0 Å². The number of ketones is 1. The maximum Gasteiger partial charge on any atom is 0.194 e. The minimum Gasteiger partial charge on any atom is -0.382 e. The van der Waals surface area contributed by atoms with E-state index in [-0.39, 0.29) is 5.78 Å². The lowest BCUT2D eigenvalue weighted by atomic mass is 9.87. The number of hydrogen-bond donors (Lipinski definition) is 1. The van der Waals surface area contributed by atoms with E-state index >= 15 is 0 Å². The molecule has 0 radical (unpaired) electrons. The molecule has 0 aromatic heterocycles. The van der Waals surface area contributed by atoms with Crippen molar-refractivity contribution in [1.29, 1.82) is 0 Å². The number of benzene rings is 2. The van der Waals surface area contributed by atoms with Gasteiger partial charge in [-0.3, -0.25) is 4.79 Å². The van der Waals surface area contributed by atoms with E-state index in [0.29, 0.717) is 18.4 Å². The number of hydrogen-bond acceptors (Lipinski definition) is 2. The Morgan fingerprint density at radius 2 is 1.67 bits per heavy atom. The predicted molar refractivity (Wildman–Crippen MR) is 73.8 cm³/mol. The van der Waals surface area contributed by atoms with Gasteiger partial charge < -0.3 is 5.11 Å². The molecule has 2 nitrogen and oxygen atoms in total. The highest BCUT2D eigenvalue weighted by Crippen LogP contribution is 2.23. The molecule has 0 aliphatic carbocycles. The Morgan fingerprint density at radius 3 is 2.28 bits per heavy atom. The van der Waals surface area contributed by atoms with Crippen LogP contribution in [0.25, 0.3) is 10.8 Å². The fraction of sp³-hybridized carbons (Fsp3) is 0.312. The van der Waals surface area contributed by atoms with Gasteiger partial charge in [-0.2, -0.15) is 0 Å². The molecule has 0 fully saturated rings. The zero-order chi connectivity index (χ0) is 13.2. The molecule has 0 spiro atoms. The Morgan fingerprint density at radius 1 is 1.06 bits per heavy atom. The van der Waals surface area contributed by atoms with Crippen molar-refractivity contribution >= 4 is 16.6 Å². The molecule has 2 rings (SSSR count). The van der Waals surface area contributed by atoms with Crippen LogP contribution in [0.15, 0.2) is 42.5 Å².